The third kappa shape index (κ3) is 6.05. The highest BCUT2D eigenvalue weighted by atomic mass is 32.2. The molecule has 2 heterocycles. The lowest BCUT2D eigenvalue weighted by atomic mass is 10.1. The Morgan fingerprint density at radius 2 is 1.72 bits per heavy atom. The van der Waals surface area contributed by atoms with Gasteiger partial charge in [-0.25, -0.2) is 13.2 Å². The molecule has 39 heavy (non-hydrogen) atoms. The Morgan fingerprint density at radius 1 is 1.03 bits per heavy atom. The Labute approximate surface area is 228 Å². The number of benzene rings is 2. The number of carbonyl (C=O) groups is 2. The Morgan fingerprint density at radius 3 is 2.38 bits per heavy atom. The van der Waals surface area contributed by atoms with Crippen LogP contribution in [-0.4, -0.2) is 66.9 Å². The van der Waals surface area contributed by atoms with E-state index in [1.807, 2.05) is 50.2 Å². The predicted octanol–water partition coefficient (Wildman–Crippen LogP) is 3.65. The number of rotatable bonds is 8. The summed E-state index contributed by atoms with van der Waals surface area (Å²) in [5.74, 6) is -1.31. The first-order valence-electron chi connectivity index (χ1n) is 12.9. The van der Waals surface area contributed by atoms with Crippen LogP contribution in [-0.2, 0) is 30.9 Å². The summed E-state index contributed by atoms with van der Waals surface area (Å²) in [6, 6.07) is 16.4. The number of piperazine rings is 1. The van der Waals surface area contributed by atoms with Crippen LogP contribution in [0.4, 0.5) is 0 Å². The maximum Gasteiger partial charge on any atom is 0.349 e. The van der Waals surface area contributed by atoms with E-state index in [-0.39, 0.29) is 36.6 Å². The molecule has 0 spiro atoms. The molecule has 204 valence electrons. The van der Waals surface area contributed by atoms with Gasteiger partial charge < -0.3 is 14.2 Å². The second-order valence-electron chi connectivity index (χ2n) is 9.52. The number of ether oxygens (including phenoxy) is 1. The van der Waals surface area contributed by atoms with Gasteiger partial charge in [-0.3, -0.25) is 4.79 Å². The first-order valence-corrected chi connectivity index (χ1v) is 14.3. The van der Waals surface area contributed by atoms with Crippen molar-refractivity contribution in [3.8, 4) is 6.07 Å². The third-order valence-corrected chi connectivity index (χ3v) is 8.87. The van der Waals surface area contributed by atoms with Gasteiger partial charge in [-0.05, 0) is 60.9 Å². The number of fused-ring (bicyclic) bond motifs is 1. The molecule has 0 atom stereocenters. The van der Waals surface area contributed by atoms with Crippen LogP contribution in [0.1, 0.15) is 30.3 Å². The van der Waals surface area contributed by atoms with Crippen LogP contribution in [0, 0.1) is 25.2 Å². The molecule has 1 aromatic heterocycles. The van der Waals surface area contributed by atoms with Crippen LogP contribution in [0.25, 0.3) is 16.8 Å². The maximum atomic E-state index is 13.2. The monoisotopic (exact) mass is 548 g/mol. The van der Waals surface area contributed by atoms with Gasteiger partial charge in [0, 0.05) is 44.1 Å². The fraction of sp³-hybridized carbons (Fsp3) is 0.345. The van der Waals surface area contributed by atoms with Crippen molar-refractivity contribution in [2.75, 3.05) is 32.8 Å². The van der Waals surface area contributed by atoms with Crippen molar-refractivity contribution in [1.82, 2.24) is 13.8 Å². The smallest absolute Gasteiger partial charge is 0.349 e. The second kappa shape index (κ2) is 11.8. The van der Waals surface area contributed by atoms with E-state index in [4.69, 9.17) is 4.74 Å². The van der Waals surface area contributed by atoms with Crippen molar-refractivity contribution in [2.24, 2.45) is 0 Å². The van der Waals surface area contributed by atoms with Gasteiger partial charge in [0.15, 0.2) is 6.61 Å². The summed E-state index contributed by atoms with van der Waals surface area (Å²) in [5.41, 5.74) is 2.54. The van der Waals surface area contributed by atoms with Gasteiger partial charge in [0.2, 0.25) is 10.0 Å². The molecule has 2 aromatic carbocycles. The van der Waals surface area contributed by atoms with Gasteiger partial charge in [0.05, 0.1) is 4.90 Å². The van der Waals surface area contributed by atoms with Crippen molar-refractivity contribution >= 4 is 38.7 Å². The van der Waals surface area contributed by atoms with Gasteiger partial charge in [0.25, 0.3) is 5.91 Å². The topological polar surface area (TPSA) is 113 Å². The Kier molecular flexibility index (Phi) is 8.53. The fourth-order valence-corrected chi connectivity index (χ4v) is 6.24. The van der Waals surface area contributed by atoms with E-state index < -0.39 is 28.5 Å². The number of esters is 1. The van der Waals surface area contributed by atoms with Crippen LogP contribution in [0.5, 0.6) is 0 Å². The first kappa shape index (κ1) is 28.1. The highest BCUT2D eigenvalue weighted by molar-refractivity contribution is 7.89. The van der Waals surface area contributed by atoms with Crippen molar-refractivity contribution in [2.45, 2.75) is 38.6 Å². The Hall–Kier alpha value is -3.94. The Balaban J connectivity index is 1.34. The molecule has 0 aliphatic carbocycles. The molecule has 1 aliphatic heterocycles. The number of aryl methyl sites for hydroxylation is 1. The molecule has 1 fully saturated rings. The van der Waals surface area contributed by atoms with Gasteiger partial charge in [0.1, 0.15) is 11.6 Å². The molecular weight excluding hydrogens is 516 g/mol. The number of amides is 1. The van der Waals surface area contributed by atoms with Crippen molar-refractivity contribution < 1.29 is 22.7 Å². The molecule has 9 nitrogen and oxygen atoms in total. The zero-order valence-corrected chi connectivity index (χ0v) is 23.2. The molecule has 4 rings (SSSR count). The minimum atomic E-state index is -3.72. The van der Waals surface area contributed by atoms with E-state index in [0.717, 1.165) is 40.7 Å². The summed E-state index contributed by atoms with van der Waals surface area (Å²) in [7, 11) is -3.72. The summed E-state index contributed by atoms with van der Waals surface area (Å²) in [5, 5.41) is 11.3. The minimum absolute atomic E-state index is 0.131. The lowest BCUT2D eigenvalue weighted by Crippen LogP contribution is -2.51. The van der Waals surface area contributed by atoms with E-state index >= 15 is 0 Å². The fourth-order valence-electron chi connectivity index (χ4n) is 4.79. The number of hydrogen-bond acceptors (Lipinski definition) is 6. The quantitative estimate of drug-likeness (QED) is 0.241. The highest BCUT2D eigenvalue weighted by Gasteiger charge is 2.30. The second-order valence-corrected chi connectivity index (χ2v) is 11.5. The summed E-state index contributed by atoms with van der Waals surface area (Å²) < 4.78 is 35.0. The van der Waals surface area contributed by atoms with E-state index in [1.165, 1.54) is 15.3 Å². The lowest BCUT2D eigenvalue weighted by molar-refractivity contribution is -0.149. The van der Waals surface area contributed by atoms with Crippen LogP contribution in [0.15, 0.2) is 59.0 Å². The number of carbonyl (C=O) groups excluding carboxylic acids is 2. The van der Waals surface area contributed by atoms with E-state index in [9.17, 15) is 23.3 Å². The molecule has 1 aliphatic rings. The molecule has 3 aromatic rings. The number of sulfonamides is 1. The van der Waals surface area contributed by atoms with Crippen LogP contribution >= 0.6 is 0 Å². The van der Waals surface area contributed by atoms with E-state index in [0.29, 0.717) is 0 Å². The van der Waals surface area contributed by atoms with Crippen LogP contribution < -0.4 is 0 Å². The van der Waals surface area contributed by atoms with E-state index in [1.54, 1.807) is 18.2 Å². The number of nitrogens with zero attached hydrogens (tertiary/aromatic N) is 4. The zero-order chi connectivity index (χ0) is 28.2. The van der Waals surface area contributed by atoms with Gasteiger partial charge in [-0.2, -0.15) is 9.57 Å². The normalized spacial score (nSPS) is 14.8. The largest absolute Gasteiger partial charge is 0.451 e. The SMILES string of the molecule is CCCn1c(C)cc(C=C(C#N)C(=O)OCC(=O)N2CCN(S(=O)(=O)c3ccc4ccccc4c3)CC2)c1C. The van der Waals surface area contributed by atoms with Crippen LogP contribution in [0.3, 0.4) is 0 Å². The third-order valence-electron chi connectivity index (χ3n) is 6.98. The average molecular weight is 549 g/mol. The van der Waals surface area contributed by atoms with Gasteiger partial charge >= 0.3 is 5.97 Å². The van der Waals surface area contributed by atoms with Crippen molar-refractivity contribution in [3.05, 3.63) is 71.1 Å². The molecule has 0 saturated carbocycles. The molecule has 1 saturated heterocycles. The predicted molar refractivity (Wildman–Crippen MR) is 148 cm³/mol. The Bertz CT molecular complexity index is 1570. The zero-order valence-electron chi connectivity index (χ0n) is 22.4. The van der Waals surface area contributed by atoms with Gasteiger partial charge in [-0.15, -0.1) is 0 Å². The lowest BCUT2D eigenvalue weighted by Gasteiger charge is -2.33. The number of nitriles is 1. The summed E-state index contributed by atoms with van der Waals surface area (Å²) in [4.78, 5) is 26.9. The van der Waals surface area contributed by atoms with Crippen molar-refractivity contribution in [3.63, 3.8) is 0 Å². The molecule has 0 bridgehead atoms. The number of hydrogen-bond donors (Lipinski definition) is 0. The van der Waals surface area contributed by atoms with E-state index in [2.05, 4.69) is 11.5 Å². The summed E-state index contributed by atoms with van der Waals surface area (Å²) >= 11 is 0. The molecule has 1 amide bonds. The molecule has 10 heteroatoms. The molecule has 0 N–H and O–H groups in total. The maximum absolute atomic E-state index is 13.2. The average Bonchev–Trinajstić information content (AvgIpc) is 3.21. The molecular formula is C29H32N4O5S. The van der Waals surface area contributed by atoms with Crippen molar-refractivity contribution in [1.29, 1.82) is 5.26 Å². The summed E-state index contributed by atoms with van der Waals surface area (Å²) in [6.07, 6.45) is 2.44. The molecule has 0 radical (unpaired) electrons. The van der Waals surface area contributed by atoms with Crippen LogP contribution in [0.2, 0.25) is 0 Å². The molecule has 0 unspecified atom stereocenters. The number of aromatic nitrogens is 1. The minimum Gasteiger partial charge on any atom is -0.451 e. The first-order chi connectivity index (χ1) is 18.6. The summed E-state index contributed by atoms with van der Waals surface area (Å²) in [6.45, 7) is 6.90. The standard InChI is InChI=1S/C29H32N4O5S/c1-4-11-33-21(2)16-25(22(33)3)17-26(19-30)29(35)38-20-28(34)31-12-14-32(15-13-31)39(36,37)27-10-9-23-7-5-6-8-24(23)18-27/h5-10,16-18H,4,11-15,20H2,1-3H3. The van der Waals surface area contributed by atoms with Gasteiger partial charge in [-0.1, -0.05) is 37.3 Å². The highest BCUT2D eigenvalue weighted by Crippen LogP contribution is 2.23.